The van der Waals surface area contributed by atoms with Gasteiger partial charge >= 0.3 is 6.18 Å². The Bertz CT molecular complexity index is 1260. The minimum Gasteiger partial charge on any atom is -0.507 e. The van der Waals surface area contributed by atoms with Crippen molar-refractivity contribution in [3.05, 3.63) is 98.2 Å². The van der Waals surface area contributed by atoms with E-state index in [2.05, 4.69) is 0 Å². The van der Waals surface area contributed by atoms with Crippen LogP contribution in [0.15, 0.2) is 65.6 Å². The maximum Gasteiger partial charge on any atom is 0.416 e. The largest absolute Gasteiger partial charge is 0.507 e. The Morgan fingerprint density at radius 3 is 2.42 bits per heavy atom. The van der Waals surface area contributed by atoms with Crippen molar-refractivity contribution in [2.45, 2.75) is 32.6 Å². The van der Waals surface area contributed by atoms with Gasteiger partial charge in [0.15, 0.2) is 0 Å². The van der Waals surface area contributed by atoms with Crippen LogP contribution in [0.25, 0.3) is 5.76 Å². The third kappa shape index (κ3) is 4.30. The second kappa shape index (κ2) is 8.51. The summed E-state index contributed by atoms with van der Waals surface area (Å²) in [7, 11) is 0. The fourth-order valence-electron chi connectivity index (χ4n) is 3.87. The highest BCUT2D eigenvalue weighted by Crippen LogP contribution is 2.42. The van der Waals surface area contributed by atoms with E-state index in [-0.39, 0.29) is 23.4 Å². The van der Waals surface area contributed by atoms with Crippen molar-refractivity contribution in [1.29, 1.82) is 0 Å². The quantitative estimate of drug-likeness (QED) is 0.288. The van der Waals surface area contributed by atoms with Gasteiger partial charge in [-0.05, 0) is 60.2 Å². The molecule has 1 aliphatic heterocycles. The molecule has 1 fully saturated rings. The lowest BCUT2D eigenvalue weighted by atomic mass is 9.97. The van der Waals surface area contributed by atoms with Gasteiger partial charge in [-0.15, -0.1) is 11.3 Å². The standard InChI is InChI=1S/C25H20F3NO3S/c1-14-8-9-17(11-15(14)2)22(30)20-21(19-7-4-10-33-19)29(24(32)23(20)31)13-16-5-3-6-18(12-16)25(26,27)28/h3-12,21,30H,13H2,1-2H3/b22-20-. The smallest absolute Gasteiger partial charge is 0.416 e. The van der Waals surface area contributed by atoms with Crippen LogP contribution in [0.4, 0.5) is 13.2 Å². The predicted octanol–water partition coefficient (Wildman–Crippen LogP) is 6.01. The minimum atomic E-state index is -4.53. The van der Waals surface area contributed by atoms with Crippen LogP contribution in [-0.2, 0) is 22.3 Å². The summed E-state index contributed by atoms with van der Waals surface area (Å²) >= 11 is 1.30. The Morgan fingerprint density at radius 1 is 1.03 bits per heavy atom. The number of Topliss-reactive ketones (excluding diaryl/α,β-unsaturated/α-hetero) is 1. The van der Waals surface area contributed by atoms with Gasteiger partial charge in [-0.2, -0.15) is 13.2 Å². The molecule has 1 atom stereocenters. The number of carbonyl (C=O) groups is 2. The molecule has 0 bridgehead atoms. The van der Waals surface area contributed by atoms with Gasteiger partial charge in [0.25, 0.3) is 11.7 Å². The van der Waals surface area contributed by atoms with Crippen molar-refractivity contribution < 1.29 is 27.9 Å². The highest BCUT2D eigenvalue weighted by atomic mass is 32.1. The number of nitrogens with zero attached hydrogens (tertiary/aromatic N) is 1. The molecule has 170 valence electrons. The number of thiophene rings is 1. The minimum absolute atomic E-state index is 0.0716. The van der Waals surface area contributed by atoms with E-state index in [1.807, 2.05) is 19.9 Å². The van der Waals surface area contributed by atoms with Crippen molar-refractivity contribution in [3.8, 4) is 0 Å². The normalized spacial score (nSPS) is 18.2. The third-order valence-corrected chi connectivity index (χ3v) is 6.66. The first-order valence-electron chi connectivity index (χ1n) is 10.1. The van der Waals surface area contributed by atoms with E-state index >= 15 is 0 Å². The van der Waals surface area contributed by atoms with Crippen molar-refractivity contribution in [1.82, 2.24) is 4.90 Å². The molecule has 1 amide bonds. The lowest BCUT2D eigenvalue weighted by molar-refractivity contribution is -0.140. The van der Waals surface area contributed by atoms with Gasteiger partial charge in [0, 0.05) is 17.0 Å². The first-order chi connectivity index (χ1) is 15.6. The average Bonchev–Trinajstić information content (AvgIpc) is 3.38. The van der Waals surface area contributed by atoms with Crippen LogP contribution in [0.2, 0.25) is 0 Å². The molecule has 4 nitrogen and oxygen atoms in total. The molecule has 1 N–H and O–H groups in total. The monoisotopic (exact) mass is 471 g/mol. The highest BCUT2D eigenvalue weighted by Gasteiger charge is 2.46. The van der Waals surface area contributed by atoms with Gasteiger partial charge in [0.1, 0.15) is 5.76 Å². The molecule has 1 saturated heterocycles. The number of benzene rings is 2. The van der Waals surface area contributed by atoms with Crippen LogP contribution in [0.1, 0.15) is 38.7 Å². The lowest BCUT2D eigenvalue weighted by Crippen LogP contribution is -2.29. The van der Waals surface area contributed by atoms with Crippen molar-refractivity contribution in [3.63, 3.8) is 0 Å². The molecule has 2 aromatic carbocycles. The molecule has 3 aromatic rings. The fourth-order valence-corrected chi connectivity index (χ4v) is 4.72. The van der Waals surface area contributed by atoms with E-state index in [1.165, 1.54) is 28.4 Å². The Balaban J connectivity index is 1.81. The second-order valence-corrected chi connectivity index (χ2v) is 8.92. The number of ketones is 1. The lowest BCUT2D eigenvalue weighted by Gasteiger charge is -2.24. The highest BCUT2D eigenvalue weighted by molar-refractivity contribution is 7.10. The van der Waals surface area contributed by atoms with Crippen LogP contribution < -0.4 is 0 Å². The van der Waals surface area contributed by atoms with Crippen molar-refractivity contribution >= 4 is 28.8 Å². The number of aryl methyl sites for hydroxylation is 2. The number of rotatable bonds is 4. The molecule has 8 heteroatoms. The molecule has 2 heterocycles. The number of carbonyl (C=O) groups excluding carboxylic acids is 2. The number of amides is 1. The molecule has 33 heavy (non-hydrogen) atoms. The maximum atomic E-state index is 13.2. The zero-order valence-electron chi connectivity index (χ0n) is 17.8. The van der Waals surface area contributed by atoms with Gasteiger partial charge in [-0.25, -0.2) is 0 Å². The van der Waals surface area contributed by atoms with Crippen LogP contribution in [0.3, 0.4) is 0 Å². The summed E-state index contributed by atoms with van der Waals surface area (Å²) in [5.74, 6) is -2.03. The fraction of sp³-hybridized carbons (Fsp3) is 0.200. The molecule has 1 unspecified atom stereocenters. The number of halogens is 3. The van der Waals surface area contributed by atoms with E-state index in [4.69, 9.17) is 0 Å². The Kier molecular flexibility index (Phi) is 5.88. The summed E-state index contributed by atoms with van der Waals surface area (Å²) in [5.41, 5.74) is 1.64. The first kappa shape index (κ1) is 22.8. The number of hydrogen-bond acceptors (Lipinski definition) is 4. The molecule has 1 aliphatic rings. The molecular weight excluding hydrogens is 451 g/mol. The Morgan fingerprint density at radius 2 is 1.79 bits per heavy atom. The van der Waals surface area contributed by atoms with Crippen molar-refractivity contribution in [2.24, 2.45) is 0 Å². The number of likely N-dealkylation sites (tertiary alicyclic amines) is 1. The molecular formula is C25H20F3NO3S. The van der Waals surface area contributed by atoms with Crippen LogP contribution in [-0.4, -0.2) is 21.7 Å². The van der Waals surface area contributed by atoms with E-state index in [0.717, 1.165) is 23.3 Å². The zero-order chi connectivity index (χ0) is 23.9. The van der Waals surface area contributed by atoms with E-state index in [0.29, 0.717) is 10.4 Å². The van der Waals surface area contributed by atoms with Crippen LogP contribution in [0, 0.1) is 13.8 Å². The van der Waals surface area contributed by atoms with Gasteiger partial charge < -0.3 is 10.0 Å². The first-order valence-corrected chi connectivity index (χ1v) is 11.0. The SMILES string of the molecule is Cc1ccc(/C(O)=C2/C(=O)C(=O)N(Cc3cccc(C(F)(F)F)c3)C2c2cccs2)cc1C. The third-order valence-electron chi connectivity index (χ3n) is 5.74. The number of alkyl halides is 3. The Labute approximate surface area is 192 Å². The van der Waals surface area contributed by atoms with Gasteiger partial charge in [-0.1, -0.05) is 30.3 Å². The molecule has 0 spiro atoms. The summed E-state index contributed by atoms with van der Waals surface area (Å²) in [6.07, 6.45) is -4.53. The average molecular weight is 472 g/mol. The Hall–Kier alpha value is -3.39. The van der Waals surface area contributed by atoms with Gasteiger partial charge in [-0.3, -0.25) is 9.59 Å². The second-order valence-electron chi connectivity index (χ2n) is 7.94. The molecule has 4 rings (SSSR count). The molecule has 0 aliphatic carbocycles. The number of hydrogen-bond donors (Lipinski definition) is 1. The van der Waals surface area contributed by atoms with Crippen molar-refractivity contribution in [2.75, 3.05) is 0 Å². The van der Waals surface area contributed by atoms with Gasteiger partial charge in [0.2, 0.25) is 0 Å². The molecule has 0 radical (unpaired) electrons. The van der Waals surface area contributed by atoms with E-state index < -0.39 is 29.5 Å². The number of aliphatic hydroxyl groups excluding tert-OH is 1. The summed E-state index contributed by atoms with van der Waals surface area (Å²) in [5, 5.41) is 12.8. The van der Waals surface area contributed by atoms with Crippen LogP contribution in [0.5, 0.6) is 0 Å². The van der Waals surface area contributed by atoms with E-state index in [9.17, 15) is 27.9 Å². The zero-order valence-corrected chi connectivity index (χ0v) is 18.6. The molecule has 1 aromatic heterocycles. The topological polar surface area (TPSA) is 57.6 Å². The summed E-state index contributed by atoms with van der Waals surface area (Å²) < 4.78 is 39.5. The summed E-state index contributed by atoms with van der Waals surface area (Å²) in [6.45, 7) is 3.58. The van der Waals surface area contributed by atoms with Gasteiger partial charge in [0.05, 0.1) is 17.2 Å². The van der Waals surface area contributed by atoms with E-state index in [1.54, 1.807) is 29.6 Å². The summed E-state index contributed by atoms with van der Waals surface area (Å²) in [4.78, 5) is 27.8. The maximum absolute atomic E-state index is 13.2. The predicted molar refractivity (Wildman–Crippen MR) is 120 cm³/mol. The summed E-state index contributed by atoms with van der Waals surface area (Å²) in [6, 6.07) is 12.5. The molecule has 0 saturated carbocycles. The number of aliphatic hydroxyl groups is 1. The van der Waals surface area contributed by atoms with Crippen LogP contribution >= 0.6 is 11.3 Å².